The molecular formula is C13H16BrN3O. The van der Waals surface area contributed by atoms with E-state index < -0.39 is 0 Å². The number of aryl methyl sites for hydroxylation is 1. The van der Waals surface area contributed by atoms with Gasteiger partial charge in [0.2, 0.25) is 0 Å². The Hall–Kier alpha value is -1.49. The number of nitrogens with one attached hydrogen (secondary N) is 1. The molecule has 1 heterocycles. The quantitative estimate of drug-likeness (QED) is 0.921. The maximum atomic E-state index is 5.26. The normalized spacial score (nSPS) is 10.4. The number of rotatable bonds is 5. The number of hydrogen-bond acceptors (Lipinski definition) is 3. The molecule has 2 aromatic rings. The molecule has 2 rings (SSSR count). The fourth-order valence-corrected chi connectivity index (χ4v) is 2.05. The Labute approximate surface area is 115 Å². The van der Waals surface area contributed by atoms with Crippen LogP contribution in [-0.2, 0) is 13.1 Å². The van der Waals surface area contributed by atoms with E-state index in [9.17, 15) is 0 Å². The number of ether oxygens (including phenoxy) is 1. The van der Waals surface area contributed by atoms with Gasteiger partial charge in [0, 0.05) is 36.6 Å². The zero-order valence-electron chi connectivity index (χ0n) is 10.5. The molecule has 0 unspecified atom stereocenters. The highest BCUT2D eigenvalue weighted by molar-refractivity contribution is 9.10. The van der Waals surface area contributed by atoms with E-state index in [-0.39, 0.29) is 0 Å². The van der Waals surface area contributed by atoms with Crippen LogP contribution in [0.1, 0.15) is 12.5 Å². The van der Waals surface area contributed by atoms with Crippen LogP contribution in [0.2, 0.25) is 0 Å². The molecule has 5 heteroatoms. The van der Waals surface area contributed by atoms with Crippen molar-refractivity contribution in [2.24, 2.45) is 0 Å². The first-order valence-corrected chi connectivity index (χ1v) is 6.61. The van der Waals surface area contributed by atoms with E-state index in [2.05, 4.69) is 33.3 Å². The van der Waals surface area contributed by atoms with Gasteiger partial charge in [-0.2, -0.15) is 5.10 Å². The second kappa shape index (κ2) is 5.91. The molecule has 0 atom stereocenters. The van der Waals surface area contributed by atoms with Gasteiger partial charge >= 0.3 is 0 Å². The summed E-state index contributed by atoms with van der Waals surface area (Å²) in [5, 5.41) is 7.59. The summed E-state index contributed by atoms with van der Waals surface area (Å²) < 4.78 is 8.12. The van der Waals surface area contributed by atoms with Crippen molar-refractivity contribution < 1.29 is 4.74 Å². The van der Waals surface area contributed by atoms with E-state index in [1.165, 1.54) is 5.56 Å². The number of aromatic nitrogens is 2. The Morgan fingerprint density at radius 1 is 1.44 bits per heavy atom. The highest BCUT2D eigenvalue weighted by atomic mass is 79.9. The smallest absolute Gasteiger partial charge is 0.135 e. The molecule has 0 radical (unpaired) electrons. The van der Waals surface area contributed by atoms with E-state index in [1.807, 2.05) is 35.3 Å². The molecule has 0 saturated heterocycles. The van der Waals surface area contributed by atoms with Crippen molar-refractivity contribution in [3.63, 3.8) is 0 Å². The van der Waals surface area contributed by atoms with Gasteiger partial charge in [-0.15, -0.1) is 0 Å². The second-order valence-electron chi connectivity index (χ2n) is 3.91. The Balaban J connectivity index is 2.01. The van der Waals surface area contributed by atoms with E-state index in [0.717, 1.165) is 29.0 Å². The van der Waals surface area contributed by atoms with Crippen LogP contribution in [0.25, 0.3) is 0 Å². The van der Waals surface area contributed by atoms with Crippen molar-refractivity contribution in [2.45, 2.75) is 20.0 Å². The van der Waals surface area contributed by atoms with Crippen LogP contribution in [-0.4, -0.2) is 16.9 Å². The molecule has 96 valence electrons. The molecule has 18 heavy (non-hydrogen) atoms. The van der Waals surface area contributed by atoms with E-state index in [1.54, 1.807) is 7.11 Å². The van der Waals surface area contributed by atoms with Crippen LogP contribution in [0.15, 0.2) is 35.1 Å². The predicted molar refractivity (Wildman–Crippen MR) is 75.9 cm³/mol. The van der Waals surface area contributed by atoms with Crippen molar-refractivity contribution in [3.05, 3.63) is 40.6 Å². The van der Waals surface area contributed by atoms with Gasteiger partial charge in [-0.3, -0.25) is 4.68 Å². The van der Waals surface area contributed by atoms with Crippen LogP contribution in [0, 0.1) is 0 Å². The molecule has 0 aliphatic carbocycles. The maximum absolute atomic E-state index is 5.26. The molecule has 0 amide bonds. The molecule has 0 spiro atoms. The molecule has 0 aliphatic heterocycles. The Morgan fingerprint density at radius 3 is 2.94 bits per heavy atom. The zero-order chi connectivity index (χ0) is 13.0. The minimum atomic E-state index is 0.755. The third kappa shape index (κ3) is 3.04. The van der Waals surface area contributed by atoms with Crippen LogP contribution in [0.3, 0.4) is 0 Å². The lowest BCUT2D eigenvalue weighted by Crippen LogP contribution is -1.99. The van der Waals surface area contributed by atoms with Crippen LogP contribution in [0.5, 0.6) is 5.75 Å². The third-order valence-corrected chi connectivity index (χ3v) is 3.31. The fourth-order valence-electron chi connectivity index (χ4n) is 1.64. The number of halogens is 1. The predicted octanol–water partition coefficient (Wildman–Crippen LogP) is 3.29. The standard InChI is InChI=1S/C13H16BrN3O/c1-3-17-9-10(8-16-17)7-15-11-4-5-12(14)13(6-11)18-2/h4-6,8-9,15H,3,7H2,1-2H3. The highest BCUT2D eigenvalue weighted by Crippen LogP contribution is 2.27. The van der Waals surface area contributed by atoms with Gasteiger partial charge in [-0.25, -0.2) is 0 Å². The van der Waals surface area contributed by atoms with Gasteiger partial charge < -0.3 is 10.1 Å². The van der Waals surface area contributed by atoms with Crippen molar-refractivity contribution in [2.75, 3.05) is 12.4 Å². The lowest BCUT2D eigenvalue weighted by atomic mass is 10.3. The van der Waals surface area contributed by atoms with Gasteiger partial charge in [0.15, 0.2) is 0 Å². The molecule has 0 fully saturated rings. The van der Waals surface area contributed by atoms with E-state index >= 15 is 0 Å². The number of methoxy groups -OCH3 is 1. The maximum Gasteiger partial charge on any atom is 0.135 e. The van der Waals surface area contributed by atoms with Crippen LogP contribution < -0.4 is 10.1 Å². The Morgan fingerprint density at radius 2 is 2.28 bits per heavy atom. The third-order valence-electron chi connectivity index (χ3n) is 2.66. The SMILES string of the molecule is CCn1cc(CNc2ccc(Br)c(OC)c2)cn1. The summed E-state index contributed by atoms with van der Waals surface area (Å²) in [5.74, 6) is 0.823. The summed E-state index contributed by atoms with van der Waals surface area (Å²) in [4.78, 5) is 0. The van der Waals surface area contributed by atoms with Crippen molar-refractivity contribution >= 4 is 21.6 Å². The lowest BCUT2D eigenvalue weighted by molar-refractivity contribution is 0.412. The molecule has 0 saturated carbocycles. The average Bonchev–Trinajstić information content (AvgIpc) is 2.86. The van der Waals surface area contributed by atoms with Gasteiger partial charge in [0.1, 0.15) is 5.75 Å². The summed E-state index contributed by atoms with van der Waals surface area (Å²) in [6, 6.07) is 5.95. The van der Waals surface area contributed by atoms with Crippen LogP contribution >= 0.6 is 15.9 Å². The lowest BCUT2D eigenvalue weighted by Gasteiger charge is -2.08. The first-order chi connectivity index (χ1) is 8.72. The van der Waals surface area contributed by atoms with Crippen molar-refractivity contribution in [1.29, 1.82) is 0 Å². The van der Waals surface area contributed by atoms with Crippen molar-refractivity contribution in [3.8, 4) is 5.75 Å². The first-order valence-electron chi connectivity index (χ1n) is 5.81. The summed E-state index contributed by atoms with van der Waals surface area (Å²) in [7, 11) is 1.66. The monoisotopic (exact) mass is 309 g/mol. The average molecular weight is 310 g/mol. The van der Waals surface area contributed by atoms with E-state index in [4.69, 9.17) is 4.74 Å². The molecule has 4 nitrogen and oxygen atoms in total. The number of hydrogen-bond donors (Lipinski definition) is 1. The molecule has 1 aromatic carbocycles. The first kappa shape index (κ1) is 13.0. The zero-order valence-corrected chi connectivity index (χ0v) is 12.1. The number of nitrogens with zero attached hydrogens (tertiary/aromatic N) is 2. The summed E-state index contributed by atoms with van der Waals surface area (Å²) in [5.41, 5.74) is 2.19. The fraction of sp³-hybridized carbons (Fsp3) is 0.308. The number of benzene rings is 1. The molecule has 1 aromatic heterocycles. The summed E-state index contributed by atoms with van der Waals surface area (Å²) >= 11 is 3.43. The minimum Gasteiger partial charge on any atom is -0.495 e. The Bertz CT molecular complexity index is 525. The minimum absolute atomic E-state index is 0.755. The molecule has 0 bridgehead atoms. The molecular weight excluding hydrogens is 294 g/mol. The molecule has 1 N–H and O–H groups in total. The topological polar surface area (TPSA) is 39.1 Å². The van der Waals surface area contributed by atoms with Gasteiger partial charge in [0.05, 0.1) is 17.8 Å². The van der Waals surface area contributed by atoms with Gasteiger partial charge in [0.25, 0.3) is 0 Å². The summed E-state index contributed by atoms with van der Waals surface area (Å²) in [6.07, 6.45) is 3.93. The van der Waals surface area contributed by atoms with Crippen LogP contribution in [0.4, 0.5) is 5.69 Å². The molecule has 0 aliphatic rings. The largest absolute Gasteiger partial charge is 0.495 e. The highest BCUT2D eigenvalue weighted by Gasteiger charge is 2.02. The van der Waals surface area contributed by atoms with Gasteiger partial charge in [-0.1, -0.05) is 0 Å². The summed E-state index contributed by atoms with van der Waals surface area (Å²) in [6.45, 7) is 3.72. The second-order valence-corrected chi connectivity index (χ2v) is 4.76. The van der Waals surface area contributed by atoms with E-state index in [0.29, 0.717) is 0 Å². The van der Waals surface area contributed by atoms with Gasteiger partial charge in [-0.05, 0) is 35.0 Å². The number of anilines is 1. The Kier molecular flexibility index (Phi) is 4.25. The van der Waals surface area contributed by atoms with Crippen molar-refractivity contribution in [1.82, 2.24) is 9.78 Å².